The molecule has 4 rings (SSSR count). The van der Waals surface area contributed by atoms with Crippen molar-refractivity contribution in [3.8, 4) is 0 Å². The number of morpholine rings is 1. The fraction of sp³-hybridized carbons (Fsp3) is 0.519. The molecule has 2 aromatic carbocycles. The van der Waals surface area contributed by atoms with Crippen molar-refractivity contribution in [1.29, 1.82) is 0 Å². The van der Waals surface area contributed by atoms with Crippen LogP contribution in [0.4, 0.5) is 11.4 Å². The number of nitrogens with one attached hydrogen (secondary N) is 1. The Balaban J connectivity index is 1.51. The van der Waals surface area contributed by atoms with Crippen molar-refractivity contribution in [2.45, 2.75) is 64.6 Å². The van der Waals surface area contributed by atoms with Gasteiger partial charge in [-0.25, -0.2) is 0 Å². The van der Waals surface area contributed by atoms with E-state index in [0.29, 0.717) is 31.7 Å². The average molecular weight is 436 g/mol. The molecular weight excluding hydrogens is 398 g/mol. The van der Waals surface area contributed by atoms with Gasteiger partial charge in [0, 0.05) is 49.5 Å². The molecule has 0 spiro atoms. The van der Waals surface area contributed by atoms with Crippen molar-refractivity contribution < 1.29 is 9.53 Å². The van der Waals surface area contributed by atoms with Crippen molar-refractivity contribution in [3.05, 3.63) is 59.7 Å². The van der Waals surface area contributed by atoms with E-state index in [4.69, 9.17) is 4.74 Å². The fourth-order valence-electron chi connectivity index (χ4n) is 4.90. The van der Waals surface area contributed by atoms with Gasteiger partial charge in [0.05, 0.1) is 6.61 Å². The maximum Gasteiger partial charge on any atom is 0.256 e. The Morgan fingerprint density at radius 2 is 1.66 bits per heavy atom. The van der Waals surface area contributed by atoms with Crippen molar-refractivity contribution in [3.63, 3.8) is 0 Å². The molecule has 5 heteroatoms. The highest BCUT2D eigenvalue weighted by Gasteiger charge is 2.32. The molecule has 2 aromatic rings. The lowest BCUT2D eigenvalue weighted by Gasteiger charge is -2.39. The van der Waals surface area contributed by atoms with E-state index in [1.165, 1.54) is 16.8 Å². The second-order valence-corrected chi connectivity index (χ2v) is 10.4. The van der Waals surface area contributed by atoms with E-state index in [2.05, 4.69) is 93.4 Å². The topological polar surface area (TPSA) is 44.8 Å². The largest absolute Gasteiger partial charge is 0.368 e. The maximum absolute atomic E-state index is 13.4. The van der Waals surface area contributed by atoms with Crippen LogP contribution in [-0.4, -0.2) is 50.3 Å². The minimum Gasteiger partial charge on any atom is -0.368 e. The Morgan fingerprint density at radius 1 is 1.00 bits per heavy atom. The van der Waals surface area contributed by atoms with Crippen LogP contribution in [0.25, 0.3) is 0 Å². The van der Waals surface area contributed by atoms with Crippen molar-refractivity contribution >= 4 is 17.3 Å². The van der Waals surface area contributed by atoms with E-state index in [1.807, 2.05) is 4.90 Å². The first-order chi connectivity index (χ1) is 15.2. The number of ether oxygens (including phenoxy) is 1. The summed E-state index contributed by atoms with van der Waals surface area (Å²) in [4.78, 5) is 17.7. The van der Waals surface area contributed by atoms with E-state index in [9.17, 15) is 4.79 Å². The Hall–Kier alpha value is -2.37. The number of carbonyl (C=O) groups is 1. The SMILES string of the molecule is CC1CN(c2ccccc2CC2OCCN(c3ccc(C(C)(C)C)cc3)C2=O)CC(C)N1. The number of carbonyl (C=O) groups excluding carboxylic acids is 1. The van der Waals surface area contributed by atoms with E-state index >= 15 is 0 Å². The highest BCUT2D eigenvalue weighted by molar-refractivity contribution is 5.97. The summed E-state index contributed by atoms with van der Waals surface area (Å²) in [5.74, 6) is 0.0524. The molecule has 1 N–H and O–H groups in total. The number of nitrogens with zero attached hydrogens (tertiary/aromatic N) is 2. The zero-order valence-electron chi connectivity index (χ0n) is 20.1. The molecule has 1 amide bonds. The van der Waals surface area contributed by atoms with E-state index in [1.54, 1.807) is 0 Å². The first-order valence-electron chi connectivity index (χ1n) is 11.8. The molecule has 32 heavy (non-hydrogen) atoms. The molecule has 5 nitrogen and oxygen atoms in total. The predicted octanol–water partition coefficient (Wildman–Crippen LogP) is 4.15. The number of amides is 1. The van der Waals surface area contributed by atoms with Gasteiger partial charge in [-0.1, -0.05) is 51.1 Å². The molecule has 0 bridgehead atoms. The minimum absolute atomic E-state index is 0.0524. The lowest BCUT2D eigenvalue weighted by Crippen LogP contribution is -2.54. The number of anilines is 2. The van der Waals surface area contributed by atoms with Crippen molar-refractivity contribution in [2.24, 2.45) is 0 Å². The van der Waals surface area contributed by atoms with Crippen molar-refractivity contribution in [2.75, 3.05) is 36.0 Å². The number of piperazine rings is 1. The predicted molar refractivity (Wildman–Crippen MR) is 132 cm³/mol. The fourth-order valence-corrected chi connectivity index (χ4v) is 4.90. The zero-order valence-corrected chi connectivity index (χ0v) is 20.1. The van der Waals surface area contributed by atoms with E-state index in [-0.39, 0.29) is 11.3 Å². The van der Waals surface area contributed by atoms with Crippen LogP contribution in [0.3, 0.4) is 0 Å². The monoisotopic (exact) mass is 435 g/mol. The molecule has 0 radical (unpaired) electrons. The second kappa shape index (κ2) is 9.24. The number of rotatable bonds is 4. The van der Waals surface area contributed by atoms with Gasteiger partial charge in [0.25, 0.3) is 5.91 Å². The van der Waals surface area contributed by atoms with Crippen LogP contribution < -0.4 is 15.1 Å². The molecule has 3 unspecified atom stereocenters. The third-order valence-electron chi connectivity index (χ3n) is 6.52. The maximum atomic E-state index is 13.4. The number of para-hydroxylation sites is 1. The van der Waals surface area contributed by atoms with Gasteiger partial charge in [-0.05, 0) is 48.6 Å². The molecule has 0 saturated carbocycles. The summed E-state index contributed by atoms with van der Waals surface area (Å²) in [5, 5.41) is 3.60. The third kappa shape index (κ3) is 5.00. The van der Waals surface area contributed by atoms with Gasteiger partial charge >= 0.3 is 0 Å². The van der Waals surface area contributed by atoms with Gasteiger partial charge in [-0.15, -0.1) is 0 Å². The summed E-state index contributed by atoms with van der Waals surface area (Å²) in [6.07, 6.45) is 0.142. The number of benzene rings is 2. The van der Waals surface area contributed by atoms with Gasteiger partial charge in [-0.3, -0.25) is 4.79 Å². The molecule has 3 atom stereocenters. The molecule has 2 aliphatic rings. The third-order valence-corrected chi connectivity index (χ3v) is 6.52. The van der Waals surface area contributed by atoms with Gasteiger partial charge < -0.3 is 19.9 Å². The Morgan fingerprint density at radius 3 is 2.31 bits per heavy atom. The molecule has 2 saturated heterocycles. The van der Waals surface area contributed by atoms with Crippen LogP contribution in [0.1, 0.15) is 45.7 Å². The molecule has 2 heterocycles. The standard InChI is InChI=1S/C27H37N3O2/c1-19-17-29(18-20(2)28-19)24-9-7-6-8-21(24)16-25-26(31)30(14-15-32-25)23-12-10-22(11-13-23)27(3,4)5/h6-13,19-20,25,28H,14-18H2,1-5H3. The lowest BCUT2D eigenvalue weighted by atomic mass is 9.87. The number of hydrogen-bond donors (Lipinski definition) is 1. The first kappa shape index (κ1) is 22.8. The van der Waals surface area contributed by atoms with Crippen LogP contribution in [0.2, 0.25) is 0 Å². The summed E-state index contributed by atoms with van der Waals surface area (Å²) in [7, 11) is 0. The summed E-state index contributed by atoms with van der Waals surface area (Å²) >= 11 is 0. The van der Waals surface area contributed by atoms with Crippen LogP contribution in [0, 0.1) is 0 Å². The summed E-state index contributed by atoms with van der Waals surface area (Å²) in [6.45, 7) is 14.1. The van der Waals surface area contributed by atoms with Gasteiger partial charge in [0.2, 0.25) is 0 Å². The second-order valence-electron chi connectivity index (χ2n) is 10.4. The minimum atomic E-state index is -0.454. The smallest absolute Gasteiger partial charge is 0.256 e. The van der Waals surface area contributed by atoms with Gasteiger partial charge in [0.15, 0.2) is 0 Å². The molecule has 0 aromatic heterocycles. The molecular formula is C27H37N3O2. The summed E-state index contributed by atoms with van der Waals surface area (Å²) < 4.78 is 5.99. The van der Waals surface area contributed by atoms with Gasteiger partial charge in [0.1, 0.15) is 6.10 Å². The van der Waals surface area contributed by atoms with Crippen LogP contribution >= 0.6 is 0 Å². The van der Waals surface area contributed by atoms with E-state index < -0.39 is 6.10 Å². The van der Waals surface area contributed by atoms with E-state index in [0.717, 1.165) is 18.8 Å². The molecule has 2 fully saturated rings. The van der Waals surface area contributed by atoms with Crippen LogP contribution in [0.15, 0.2) is 48.5 Å². The molecule has 0 aliphatic carbocycles. The van der Waals surface area contributed by atoms with Crippen LogP contribution in [0.5, 0.6) is 0 Å². The molecule has 2 aliphatic heterocycles. The van der Waals surface area contributed by atoms with Crippen molar-refractivity contribution in [1.82, 2.24) is 5.32 Å². The summed E-state index contributed by atoms with van der Waals surface area (Å²) in [6, 6.07) is 17.7. The molecule has 172 valence electrons. The van der Waals surface area contributed by atoms with Crippen LogP contribution in [-0.2, 0) is 21.4 Å². The lowest BCUT2D eigenvalue weighted by molar-refractivity contribution is -0.133. The quantitative estimate of drug-likeness (QED) is 0.784. The highest BCUT2D eigenvalue weighted by Crippen LogP contribution is 2.29. The Kier molecular flexibility index (Phi) is 6.59. The average Bonchev–Trinajstić information content (AvgIpc) is 2.74. The Bertz CT molecular complexity index is 925. The Labute approximate surface area is 192 Å². The highest BCUT2D eigenvalue weighted by atomic mass is 16.5. The first-order valence-corrected chi connectivity index (χ1v) is 11.8. The normalized spacial score (nSPS) is 24.7. The summed E-state index contributed by atoms with van der Waals surface area (Å²) in [5.41, 5.74) is 4.72. The number of hydrogen-bond acceptors (Lipinski definition) is 4. The van der Waals surface area contributed by atoms with Gasteiger partial charge in [-0.2, -0.15) is 0 Å². The zero-order chi connectivity index (χ0) is 22.9.